The van der Waals surface area contributed by atoms with Crippen LogP contribution in [0.25, 0.3) is 22.5 Å². The number of rotatable bonds is 7. The first-order valence-electron chi connectivity index (χ1n) is 8.88. The van der Waals surface area contributed by atoms with E-state index >= 15 is 0 Å². The summed E-state index contributed by atoms with van der Waals surface area (Å²) < 4.78 is 0. The van der Waals surface area contributed by atoms with Gasteiger partial charge in [0.05, 0.1) is 0 Å². The summed E-state index contributed by atoms with van der Waals surface area (Å²) >= 11 is 0. The summed E-state index contributed by atoms with van der Waals surface area (Å²) in [6.45, 7) is 2.14. The molecule has 0 aliphatic rings. The smallest absolute Gasteiger partial charge is 0.303 e. The van der Waals surface area contributed by atoms with Gasteiger partial charge in [0.2, 0.25) is 0 Å². The molecular weight excluding hydrogens is 324 g/mol. The van der Waals surface area contributed by atoms with Crippen molar-refractivity contribution in [3.05, 3.63) is 72.1 Å². The van der Waals surface area contributed by atoms with Crippen LogP contribution < -0.4 is 0 Å². The molecular formula is C22H22N2O2. The number of aryl methyl sites for hydroxylation is 2. The van der Waals surface area contributed by atoms with Gasteiger partial charge < -0.3 is 5.11 Å². The highest BCUT2D eigenvalue weighted by atomic mass is 16.4. The van der Waals surface area contributed by atoms with Gasteiger partial charge in [-0.3, -0.25) is 4.79 Å². The van der Waals surface area contributed by atoms with Crippen LogP contribution in [0.1, 0.15) is 30.9 Å². The lowest BCUT2D eigenvalue weighted by Gasteiger charge is -2.06. The van der Waals surface area contributed by atoms with E-state index in [4.69, 9.17) is 5.11 Å². The number of carboxylic acids is 1. The van der Waals surface area contributed by atoms with Crippen LogP contribution in [0.15, 0.2) is 60.9 Å². The van der Waals surface area contributed by atoms with Gasteiger partial charge >= 0.3 is 5.97 Å². The summed E-state index contributed by atoms with van der Waals surface area (Å²) in [5, 5.41) is 8.76. The monoisotopic (exact) mass is 346 g/mol. The molecule has 2 aromatic carbocycles. The number of aliphatic carboxylic acids is 1. The molecule has 0 amide bonds. The standard InChI is InChI=1S/C22H22N2O2/c1-2-3-17-14-23-22(24-15-17)20-11-9-19(10-12-20)18-7-4-16(5-8-18)6-13-21(25)26/h4-5,7-12,14-15H,2-3,6,13H2,1H3,(H,25,26). The second kappa shape index (κ2) is 8.39. The molecule has 1 aromatic heterocycles. The van der Waals surface area contributed by atoms with Gasteiger partial charge in [-0.1, -0.05) is 61.9 Å². The lowest BCUT2D eigenvalue weighted by Crippen LogP contribution is -1.97. The molecule has 1 N–H and O–H groups in total. The Hall–Kier alpha value is -3.01. The highest BCUT2D eigenvalue weighted by molar-refractivity contribution is 5.69. The van der Waals surface area contributed by atoms with Gasteiger partial charge in [-0.2, -0.15) is 0 Å². The van der Waals surface area contributed by atoms with Crippen LogP contribution in [0.4, 0.5) is 0 Å². The SMILES string of the molecule is CCCc1cnc(-c2ccc(-c3ccc(CCC(=O)O)cc3)cc2)nc1. The summed E-state index contributed by atoms with van der Waals surface area (Å²) in [6, 6.07) is 16.2. The molecule has 0 saturated carbocycles. The molecule has 0 atom stereocenters. The van der Waals surface area contributed by atoms with Crippen LogP contribution in [-0.2, 0) is 17.6 Å². The summed E-state index contributed by atoms with van der Waals surface area (Å²) in [4.78, 5) is 19.6. The van der Waals surface area contributed by atoms with Gasteiger partial charge in [-0.15, -0.1) is 0 Å². The number of hydrogen-bond acceptors (Lipinski definition) is 3. The van der Waals surface area contributed by atoms with Gasteiger partial charge in [0, 0.05) is 24.4 Å². The Bertz CT molecular complexity index is 854. The second-order valence-corrected chi connectivity index (χ2v) is 6.33. The second-order valence-electron chi connectivity index (χ2n) is 6.33. The summed E-state index contributed by atoms with van der Waals surface area (Å²) in [5.41, 5.74) is 5.41. The predicted molar refractivity (Wildman–Crippen MR) is 103 cm³/mol. The third kappa shape index (κ3) is 4.54. The van der Waals surface area contributed by atoms with E-state index < -0.39 is 5.97 Å². The molecule has 132 valence electrons. The van der Waals surface area contributed by atoms with Gasteiger partial charge in [-0.05, 0) is 35.1 Å². The summed E-state index contributed by atoms with van der Waals surface area (Å²) in [7, 11) is 0. The van der Waals surface area contributed by atoms with E-state index in [1.54, 1.807) is 0 Å². The molecule has 4 nitrogen and oxygen atoms in total. The molecule has 0 spiro atoms. The average Bonchev–Trinajstić information content (AvgIpc) is 2.68. The molecule has 0 aliphatic heterocycles. The minimum Gasteiger partial charge on any atom is -0.481 e. The molecule has 3 rings (SSSR count). The maximum atomic E-state index is 10.7. The molecule has 1 heterocycles. The zero-order chi connectivity index (χ0) is 18.4. The topological polar surface area (TPSA) is 63.1 Å². The lowest BCUT2D eigenvalue weighted by atomic mass is 10.0. The average molecular weight is 346 g/mol. The number of aromatic nitrogens is 2. The highest BCUT2D eigenvalue weighted by Crippen LogP contribution is 2.23. The van der Waals surface area contributed by atoms with Crippen molar-refractivity contribution in [3.8, 4) is 22.5 Å². The van der Waals surface area contributed by atoms with Crippen molar-refractivity contribution in [2.75, 3.05) is 0 Å². The van der Waals surface area contributed by atoms with Crippen molar-refractivity contribution in [1.82, 2.24) is 9.97 Å². The first-order chi connectivity index (χ1) is 12.7. The van der Waals surface area contributed by atoms with Gasteiger partial charge in [0.1, 0.15) is 0 Å². The minimum absolute atomic E-state index is 0.158. The first-order valence-corrected chi connectivity index (χ1v) is 8.88. The van der Waals surface area contributed by atoms with E-state index in [0.29, 0.717) is 6.42 Å². The molecule has 0 aliphatic carbocycles. The first kappa shape index (κ1) is 17.8. The van der Waals surface area contributed by atoms with E-state index in [2.05, 4.69) is 29.0 Å². The lowest BCUT2D eigenvalue weighted by molar-refractivity contribution is -0.136. The molecule has 0 saturated heterocycles. The molecule has 0 radical (unpaired) electrons. The fourth-order valence-electron chi connectivity index (χ4n) is 2.85. The van der Waals surface area contributed by atoms with Crippen LogP contribution in [0, 0.1) is 0 Å². The third-order valence-corrected chi connectivity index (χ3v) is 4.30. The highest BCUT2D eigenvalue weighted by Gasteiger charge is 2.04. The van der Waals surface area contributed by atoms with Gasteiger partial charge in [0.25, 0.3) is 0 Å². The Morgan fingerprint density at radius 2 is 1.35 bits per heavy atom. The maximum absolute atomic E-state index is 10.7. The molecule has 26 heavy (non-hydrogen) atoms. The van der Waals surface area contributed by atoms with Crippen LogP contribution in [0.3, 0.4) is 0 Å². The van der Waals surface area contributed by atoms with Gasteiger partial charge in [-0.25, -0.2) is 9.97 Å². The third-order valence-electron chi connectivity index (χ3n) is 4.30. The number of carboxylic acid groups (broad SMARTS) is 1. The van der Waals surface area contributed by atoms with Crippen molar-refractivity contribution in [2.24, 2.45) is 0 Å². The Kier molecular flexibility index (Phi) is 5.74. The zero-order valence-electron chi connectivity index (χ0n) is 14.9. The van der Waals surface area contributed by atoms with Crippen molar-refractivity contribution in [3.63, 3.8) is 0 Å². The van der Waals surface area contributed by atoms with E-state index in [1.807, 2.05) is 48.8 Å². The fraction of sp³-hybridized carbons (Fsp3) is 0.227. The molecule has 4 heteroatoms. The van der Waals surface area contributed by atoms with Crippen molar-refractivity contribution in [2.45, 2.75) is 32.6 Å². The van der Waals surface area contributed by atoms with E-state index in [9.17, 15) is 4.79 Å². The van der Waals surface area contributed by atoms with Crippen molar-refractivity contribution >= 4 is 5.97 Å². The molecule has 0 fully saturated rings. The molecule has 0 bridgehead atoms. The van der Waals surface area contributed by atoms with Crippen LogP contribution in [0.5, 0.6) is 0 Å². The van der Waals surface area contributed by atoms with E-state index in [0.717, 1.165) is 46.5 Å². The van der Waals surface area contributed by atoms with Crippen molar-refractivity contribution in [1.29, 1.82) is 0 Å². The van der Waals surface area contributed by atoms with Crippen molar-refractivity contribution < 1.29 is 9.90 Å². The summed E-state index contributed by atoms with van der Waals surface area (Å²) in [5.74, 6) is -0.0324. The summed E-state index contributed by atoms with van der Waals surface area (Å²) in [6.07, 6.45) is 6.60. The Morgan fingerprint density at radius 3 is 1.88 bits per heavy atom. The minimum atomic E-state index is -0.769. The quantitative estimate of drug-likeness (QED) is 0.669. The number of nitrogens with zero attached hydrogens (tertiary/aromatic N) is 2. The van der Waals surface area contributed by atoms with E-state index in [-0.39, 0.29) is 6.42 Å². The maximum Gasteiger partial charge on any atom is 0.303 e. The molecule has 3 aromatic rings. The van der Waals surface area contributed by atoms with E-state index in [1.165, 1.54) is 0 Å². The van der Waals surface area contributed by atoms with Crippen LogP contribution in [0.2, 0.25) is 0 Å². The fourth-order valence-corrected chi connectivity index (χ4v) is 2.85. The largest absolute Gasteiger partial charge is 0.481 e. The zero-order valence-corrected chi connectivity index (χ0v) is 14.9. The van der Waals surface area contributed by atoms with Crippen LogP contribution in [-0.4, -0.2) is 21.0 Å². The number of carbonyl (C=O) groups is 1. The number of hydrogen-bond donors (Lipinski definition) is 1. The Balaban J connectivity index is 1.71. The Morgan fingerprint density at radius 1 is 0.808 bits per heavy atom. The Labute approximate surface area is 153 Å². The normalized spacial score (nSPS) is 10.7. The molecule has 0 unspecified atom stereocenters. The van der Waals surface area contributed by atoms with Crippen LogP contribution >= 0.6 is 0 Å². The predicted octanol–water partition coefficient (Wildman–Crippen LogP) is 4.78. The number of benzene rings is 2. The van der Waals surface area contributed by atoms with Gasteiger partial charge in [0.15, 0.2) is 5.82 Å².